The van der Waals surface area contributed by atoms with Gasteiger partial charge in [-0.15, -0.1) is 0 Å². The van der Waals surface area contributed by atoms with E-state index in [-0.39, 0.29) is 0 Å². The lowest BCUT2D eigenvalue weighted by atomic mass is 10.1. The van der Waals surface area contributed by atoms with Crippen LogP contribution in [0.2, 0.25) is 5.02 Å². The molecule has 4 N–H and O–H groups in total. The molecule has 0 aliphatic carbocycles. The van der Waals surface area contributed by atoms with Crippen LogP contribution in [0.5, 0.6) is 0 Å². The molecule has 0 bridgehead atoms. The van der Waals surface area contributed by atoms with E-state index in [9.17, 15) is 0 Å². The van der Waals surface area contributed by atoms with Gasteiger partial charge in [0.25, 0.3) is 0 Å². The van der Waals surface area contributed by atoms with Gasteiger partial charge in [-0.05, 0) is 24.1 Å². The minimum Gasteiger partial charge on any atom is -0.355 e. The van der Waals surface area contributed by atoms with E-state index in [1.165, 1.54) is 5.56 Å². The Morgan fingerprint density at radius 3 is 2.60 bits per heavy atom. The van der Waals surface area contributed by atoms with E-state index in [4.69, 9.17) is 17.4 Å². The number of hydrogen-bond acceptors (Lipinski definition) is 2. The molecule has 0 saturated heterocycles. The minimum atomic E-state index is 0.587. The van der Waals surface area contributed by atoms with Crippen molar-refractivity contribution < 1.29 is 0 Å². The summed E-state index contributed by atoms with van der Waals surface area (Å²) in [7, 11) is 1.67. The van der Waals surface area contributed by atoms with Crippen LogP contribution in [0, 0.1) is 0 Å². The number of guanidine groups is 1. The van der Waals surface area contributed by atoms with Crippen molar-refractivity contribution in [3.63, 3.8) is 0 Å². The molecule has 4 nitrogen and oxygen atoms in total. The number of hydrogen-bond donors (Lipinski definition) is 3. The van der Waals surface area contributed by atoms with Crippen LogP contribution in [0.4, 0.5) is 0 Å². The Kier molecular flexibility index (Phi) is 4.93. The second kappa shape index (κ2) is 6.27. The minimum absolute atomic E-state index is 0.587. The van der Waals surface area contributed by atoms with Crippen LogP contribution in [-0.2, 0) is 6.42 Å². The van der Waals surface area contributed by atoms with E-state index in [0.717, 1.165) is 18.0 Å². The fraction of sp³-hybridized carbons (Fsp3) is 0.300. The van der Waals surface area contributed by atoms with Crippen molar-refractivity contribution in [2.75, 3.05) is 13.6 Å². The lowest BCUT2D eigenvalue weighted by molar-refractivity contribution is 0.817. The summed E-state index contributed by atoms with van der Waals surface area (Å²) in [4.78, 5) is 3.90. The van der Waals surface area contributed by atoms with E-state index in [2.05, 4.69) is 15.7 Å². The molecule has 1 rings (SSSR count). The average Bonchev–Trinajstić information content (AvgIpc) is 2.27. The van der Waals surface area contributed by atoms with Crippen LogP contribution in [0.25, 0.3) is 0 Å². The Balaban J connectivity index is 2.35. The van der Waals surface area contributed by atoms with Crippen molar-refractivity contribution in [3.05, 3.63) is 34.9 Å². The quantitative estimate of drug-likeness (QED) is 0.311. The first-order chi connectivity index (χ1) is 7.26. The summed E-state index contributed by atoms with van der Waals surface area (Å²) >= 11 is 5.78. The third kappa shape index (κ3) is 4.18. The summed E-state index contributed by atoms with van der Waals surface area (Å²) in [6.07, 6.45) is 0.901. The summed E-state index contributed by atoms with van der Waals surface area (Å²) in [5.41, 5.74) is 3.69. The van der Waals surface area contributed by atoms with Crippen molar-refractivity contribution in [3.8, 4) is 0 Å². The molecule has 0 radical (unpaired) electrons. The molecule has 0 heterocycles. The molecule has 1 aromatic carbocycles. The maximum atomic E-state index is 5.78. The second-order valence-electron chi connectivity index (χ2n) is 3.02. The molecule has 0 atom stereocenters. The first-order valence-electron chi connectivity index (χ1n) is 4.68. The lowest BCUT2D eigenvalue weighted by Crippen LogP contribution is -2.42. The van der Waals surface area contributed by atoms with Crippen molar-refractivity contribution in [2.24, 2.45) is 10.8 Å². The molecule has 0 fully saturated rings. The normalized spacial score (nSPS) is 11.3. The second-order valence-corrected chi connectivity index (χ2v) is 3.46. The third-order valence-electron chi connectivity index (χ3n) is 1.98. The molecule has 0 amide bonds. The molecule has 1 aromatic rings. The molecular formula is C10H15ClN4. The monoisotopic (exact) mass is 226 g/mol. The lowest BCUT2D eigenvalue weighted by Gasteiger charge is -2.07. The summed E-state index contributed by atoms with van der Waals surface area (Å²) < 4.78 is 0. The van der Waals surface area contributed by atoms with Gasteiger partial charge in [-0.25, -0.2) is 5.84 Å². The third-order valence-corrected chi connectivity index (χ3v) is 2.23. The summed E-state index contributed by atoms with van der Waals surface area (Å²) in [5.74, 6) is 5.81. The number of rotatable bonds is 3. The smallest absolute Gasteiger partial charge is 0.205 e. The molecule has 15 heavy (non-hydrogen) atoms. The van der Waals surface area contributed by atoms with Crippen LogP contribution in [0.1, 0.15) is 5.56 Å². The molecule has 0 aliphatic heterocycles. The predicted molar refractivity (Wildman–Crippen MR) is 63.8 cm³/mol. The van der Waals surface area contributed by atoms with E-state index in [1.54, 1.807) is 7.05 Å². The van der Waals surface area contributed by atoms with Crippen molar-refractivity contribution in [1.82, 2.24) is 10.7 Å². The van der Waals surface area contributed by atoms with Gasteiger partial charge in [0.05, 0.1) is 0 Å². The van der Waals surface area contributed by atoms with Gasteiger partial charge in [0, 0.05) is 18.6 Å². The number of nitrogens with one attached hydrogen (secondary N) is 2. The van der Waals surface area contributed by atoms with Gasteiger partial charge in [-0.3, -0.25) is 10.4 Å². The Morgan fingerprint density at radius 2 is 2.07 bits per heavy atom. The Labute approximate surface area is 94.5 Å². The zero-order valence-electron chi connectivity index (χ0n) is 8.63. The van der Waals surface area contributed by atoms with Gasteiger partial charge in [-0.1, -0.05) is 23.7 Å². The van der Waals surface area contributed by atoms with Crippen LogP contribution < -0.4 is 16.6 Å². The molecule has 0 spiro atoms. The van der Waals surface area contributed by atoms with Gasteiger partial charge in [0.1, 0.15) is 0 Å². The van der Waals surface area contributed by atoms with Gasteiger partial charge >= 0.3 is 0 Å². The van der Waals surface area contributed by atoms with Crippen molar-refractivity contribution in [2.45, 2.75) is 6.42 Å². The number of nitrogens with zero attached hydrogens (tertiary/aromatic N) is 1. The molecule has 5 heteroatoms. The average molecular weight is 227 g/mol. The van der Waals surface area contributed by atoms with Gasteiger partial charge < -0.3 is 5.32 Å². The Morgan fingerprint density at radius 1 is 1.40 bits per heavy atom. The number of aliphatic imine (C=N–C) groups is 1. The number of benzene rings is 1. The fourth-order valence-electron chi connectivity index (χ4n) is 1.17. The summed E-state index contributed by atoms with van der Waals surface area (Å²) in [6.45, 7) is 0.776. The van der Waals surface area contributed by atoms with Crippen LogP contribution in [0.15, 0.2) is 29.3 Å². The first kappa shape index (κ1) is 11.8. The SMILES string of the molecule is CN=C(NN)NCCc1ccc(Cl)cc1. The van der Waals surface area contributed by atoms with Gasteiger partial charge in [0.2, 0.25) is 5.96 Å². The highest BCUT2D eigenvalue weighted by Gasteiger charge is 1.95. The number of halogens is 1. The number of nitrogens with two attached hydrogens (primary N) is 1. The highest BCUT2D eigenvalue weighted by molar-refractivity contribution is 6.30. The maximum Gasteiger partial charge on any atom is 0.205 e. The molecule has 0 saturated carbocycles. The standard InChI is InChI=1S/C10H15ClN4/c1-13-10(15-12)14-7-6-8-2-4-9(11)5-3-8/h2-5H,6-7,12H2,1H3,(H2,13,14,15). The van der Waals surface area contributed by atoms with Crippen LogP contribution in [0.3, 0.4) is 0 Å². The molecular weight excluding hydrogens is 212 g/mol. The van der Waals surface area contributed by atoms with E-state index < -0.39 is 0 Å². The highest BCUT2D eigenvalue weighted by atomic mass is 35.5. The highest BCUT2D eigenvalue weighted by Crippen LogP contribution is 2.09. The Hall–Kier alpha value is -1.26. The molecule has 0 unspecified atom stereocenters. The van der Waals surface area contributed by atoms with Crippen LogP contribution >= 0.6 is 11.6 Å². The van der Waals surface area contributed by atoms with E-state index >= 15 is 0 Å². The van der Waals surface area contributed by atoms with E-state index in [1.807, 2.05) is 24.3 Å². The van der Waals surface area contributed by atoms with Gasteiger partial charge in [0.15, 0.2) is 0 Å². The zero-order valence-corrected chi connectivity index (χ0v) is 9.38. The maximum absolute atomic E-state index is 5.78. The molecule has 0 aliphatic rings. The van der Waals surface area contributed by atoms with Crippen LogP contribution in [-0.4, -0.2) is 19.6 Å². The van der Waals surface area contributed by atoms with Crippen molar-refractivity contribution >= 4 is 17.6 Å². The summed E-state index contributed by atoms with van der Waals surface area (Å²) in [5, 5.41) is 3.82. The largest absolute Gasteiger partial charge is 0.355 e. The van der Waals surface area contributed by atoms with E-state index in [0.29, 0.717) is 5.96 Å². The Bertz CT molecular complexity index is 321. The number of hydrazine groups is 1. The first-order valence-corrected chi connectivity index (χ1v) is 5.05. The predicted octanol–water partition coefficient (Wildman–Crippen LogP) is 0.921. The summed E-state index contributed by atoms with van der Waals surface area (Å²) in [6, 6.07) is 7.77. The fourth-order valence-corrected chi connectivity index (χ4v) is 1.30. The zero-order chi connectivity index (χ0) is 11.1. The van der Waals surface area contributed by atoms with Gasteiger partial charge in [-0.2, -0.15) is 0 Å². The molecule has 0 aromatic heterocycles. The van der Waals surface area contributed by atoms with Crippen molar-refractivity contribution in [1.29, 1.82) is 0 Å². The topological polar surface area (TPSA) is 62.4 Å². The molecule has 82 valence electrons.